The van der Waals surface area contributed by atoms with Gasteiger partial charge in [0.25, 0.3) is 0 Å². The van der Waals surface area contributed by atoms with Gasteiger partial charge in [0, 0.05) is 0 Å². The molecule has 0 aromatic heterocycles. The molecule has 2 aromatic rings. The average molecular weight is 373 g/mol. The van der Waals surface area contributed by atoms with Gasteiger partial charge in [-0.2, -0.15) is 0 Å². The molecule has 0 radical (unpaired) electrons. The van der Waals surface area contributed by atoms with E-state index in [2.05, 4.69) is 0 Å². The van der Waals surface area contributed by atoms with Crippen LogP contribution in [0.4, 0.5) is 0 Å². The zero-order chi connectivity index (χ0) is 16.5. The molecule has 0 N–H and O–H groups in total. The minimum absolute atomic E-state index is 0.316. The standard InChI is InChI=1S/C19H18O3Se/c1-2-22-19(20)14-13-18(15-16-9-5-3-6-10-16)23(21)17-11-7-4-8-12-17/h3-15H,2H2,1H3/b14-13+,18-15-. The van der Waals surface area contributed by atoms with Crippen molar-refractivity contribution in [3.8, 4) is 0 Å². The second kappa shape index (κ2) is 8.99. The number of allylic oxidation sites excluding steroid dienone is 2. The van der Waals surface area contributed by atoms with Gasteiger partial charge in [-0.1, -0.05) is 0 Å². The summed E-state index contributed by atoms with van der Waals surface area (Å²) in [5.41, 5.74) is 0.941. The summed E-state index contributed by atoms with van der Waals surface area (Å²) in [6, 6.07) is 18.9. The first kappa shape index (κ1) is 17.1. The van der Waals surface area contributed by atoms with Crippen LogP contribution in [-0.4, -0.2) is 26.4 Å². The van der Waals surface area contributed by atoms with Crippen molar-refractivity contribution in [2.75, 3.05) is 6.61 Å². The molecule has 23 heavy (non-hydrogen) atoms. The van der Waals surface area contributed by atoms with Gasteiger partial charge in [0.15, 0.2) is 0 Å². The molecule has 4 heteroatoms. The molecule has 0 aliphatic carbocycles. The number of benzene rings is 2. The summed E-state index contributed by atoms with van der Waals surface area (Å²) in [6.07, 6.45) is 4.77. The van der Waals surface area contributed by atoms with E-state index < -0.39 is 19.8 Å². The first-order chi connectivity index (χ1) is 11.2. The molecule has 0 amide bonds. The number of carbonyl (C=O) groups is 1. The number of ether oxygens (including phenoxy) is 1. The van der Waals surface area contributed by atoms with E-state index >= 15 is 0 Å². The summed E-state index contributed by atoms with van der Waals surface area (Å²) in [4.78, 5) is 11.5. The summed E-state index contributed by atoms with van der Waals surface area (Å²) in [7, 11) is 0. The third-order valence-corrected chi connectivity index (χ3v) is 5.85. The maximum atomic E-state index is 12.9. The molecule has 0 heterocycles. The van der Waals surface area contributed by atoms with Gasteiger partial charge < -0.3 is 0 Å². The van der Waals surface area contributed by atoms with Gasteiger partial charge in [0.2, 0.25) is 0 Å². The van der Waals surface area contributed by atoms with Crippen LogP contribution in [0.2, 0.25) is 0 Å². The maximum absolute atomic E-state index is 12.9. The minimum atomic E-state index is -2.45. The second-order valence-corrected chi connectivity index (χ2v) is 7.73. The van der Waals surface area contributed by atoms with Crippen molar-refractivity contribution in [1.82, 2.24) is 0 Å². The SMILES string of the molecule is CCOC(=O)/C=C/C(=C/c1ccccc1)[Se](=O)c1ccccc1. The van der Waals surface area contributed by atoms with Crippen LogP contribution in [0.3, 0.4) is 0 Å². The Morgan fingerprint density at radius 1 is 1.00 bits per heavy atom. The topological polar surface area (TPSA) is 43.4 Å². The Hall–Kier alpha value is -2.29. The molecule has 0 bridgehead atoms. The number of esters is 1. The van der Waals surface area contributed by atoms with E-state index in [-0.39, 0.29) is 0 Å². The monoisotopic (exact) mass is 374 g/mol. The van der Waals surface area contributed by atoms with Crippen LogP contribution in [-0.2, 0) is 13.4 Å². The zero-order valence-corrected chi connectivity index (χ0v) is 14.6. The first-order valence-electron chi connectivity index (χ1n) is 7.29. The predicted octanol–water partition coefficient (Wildman–Crippen LogP) is 3.06. The van der Waals surface area contributed by atoms with Crippen LogP contribution < -0.4 is 4.46 Å². The van der Waals surface area contributed by atoms with Crippen LogP contribution in [0.5, 0.6) is 0 Å². The molecule has 0 aliphatic rings. The van der Waals surface area contributed by atoms with E-state index in [9.17, 15) is 8.63 Å². The van der Waals surface area contributed by atoms with Crippen molar-refractivity contribution in [1.29, 1.82) is 0 Å². The van der Waals surface area contributed by atoms with E-state index in [0.717, 1.165) is 10.0 Å². The first-order valence-corrected chi connectivity index (χ1v) is 9.70. The Morgan fingerprint density at radius 2 is 1.61 bits per heavy atom. The molecule has 2 rings (SSSR count). The summed E-state index contributed by atoms with van der Waals surface area (Å²) in [5.74, 6) is -0.432. The molecule has 0 aliphatic heterocycles. The Bertz CT molecular complexity index is 719. The molecule has 0 fully saturated rings. The van der Waals surface area contributed by atoms with Crippen molar-refractivity contribution in [3.05, 3.63) is 82.9 Å². The molecule has 1 atom stereocenters. The van der Waals surface area contributed by atoms with Gasteiger partial charge in [-0.15, -0.1) is 0 Å². The van der Waals surface area contributed by atoms with Gasteiger partial charge in [-0.05, 0) is 0 Å². The molecular weight excluding hydrogens is 355 g/mol. The van der Waals surface area contributed by atoms with Crippen LogP contribution >= 0.6 is 0 Å². The van der Waals surface area contributed by atoms with Crippen molar-refractivity contribution in [3.63, 3.8) is 0 Å². The number of rotatable bonds is 6. The fraction of sp³-hybridized carbons (Fsp3) is 0.105. The number of hydrogen-bond donors (Lipinski definition) is 0. The number of hydrogen-bond acceptors (Lipinski definition) is 3. The Balaban J connectivity index is 2.33. The van der Waals surface area contributed by atoms with Crippen molar-refractivity contribution >= 4 is 30.3 Å². The van der Waals surface area contributed by atoms with Gasteiger partial charge in [0.05, 0.1) is 0 Å². The molecule has 0 spiro atoms. The van der Waals surface area contributed by atoms with Gasteiger partial charge >= 0.3 is 140 Å². The molecule has 0 saturated heterocycles. The molecule has 0 saturated carbocycles. The molecule has 118 valence electrons. The van der Waals surface area contributed by atoms with E-state index in [0.29, 0.717) is 11.1 Å². The van der Waals surface area contributed by atoms with E-state index in [4.69, 9.17) is 4.74 Å². The van der Waals surface area contributed by atoms with Crippen molar-refractivity contribution in [2.24, 2.45) is 0 Å². The summed E-state index contributed by atoms with van der Waals surface area (Å²) >= 11 is -2.45. The summed E-state index contributed by atoms with van der Waals surface area (Å²) in [6.45, 7) is 2.07. The normalized spacial score (nSPS) is 13.0. The van der Waals surface area contributed by atoms with E-state index in [1.54, 1.807) is 13.0 Å². The van der Waals surface area contributed by atoms with Crippen LogP contribution in [0.15, 0.2) is 77.3 Å². The van der Waals surface area contributed by atoms with Crippen molar-refractivity contribution < 1.29 is 13.4 Å². The van der Waals surface area contributed by atoms with Gasteiger partial charge in [-0.3, -0.25) is 0 Å². The predicted molar refractivity (Wildman–Crippen MR) is 92.7 cm³/mol. The third kappa shape index (κ3) is 5.44. The van der Waals surface area contributed by atoms with Crippen LogP contribution in [0.1, 0.15) is 12.5 Å². The Kier molecular flexibility index (Phi) is 6.67. The average Bonchev–Trinajstić information content (AvgIpc) is 2.60. The third-order valence-electron chi connectivity index (χ3n) is 2.95. The summed E-state index contributed by atoms with van der Waals surface area (Å²) < 4.78 is 19.2. The van der Waals surface area contributed by atoms with Crippen molar-refractivity contribution in [2.45, 2.75) is 6.92 Å². The fourth-order valence-electron chi connectivity index (χ4n) is 1.90. The van der Waals surface area contributed by atoms with E-state index in [1.165, 1.54) is 6.08 Å². The van der Waals surface area contributed by atoms with E-state index in [1.807, 2.05) is 66.7 Å². The molecule has 1 unspecified atom stereocenters. The van der Waals surface area contributed by atoms with Crippen LogP contribution in [0, 0.1) is 0 Å². The molecule has 3 nitrogen and oxygen atoms in total. The van der Waals surface area contributed by atoms with Gasteiger partial charge in [-0.25, -0.2) is 0 Å². The Labute approximate surface area is 140 Å². The fourth-order valence-corrected chi connectivity index (χ4v) is 4.23. The molecular formula is C19H18O3Se. The van der Waals surface area contributed by atoms with Gasteiger partial charge in [0.1, 0.15) is 0 Å². The quantitative estimate of drug-likeness (QED) is 0.338. The van der Waals surface area contributed by atoms with Crippen LogP contribution in [0.25, 0.3) is 6.08 Å². The molecule has 2 aromatic carbocycles. The second-order valence-electron chi connectivity index (χ2n) is 4.62. The number of carbonyl (C=O) groups excluding carboxylic acids is 1. The zero-order valence-electron chi connectivity index (χ0n) is 12.8. The Morgan fingerprint density at radius 3 is 2.22 bits per heavy atom. The summed E-state index contributed by atoms with van der Waals surface area (Å²) in [5, 5.41) is 0.